The van der Waals surface area contributed by atoms with Crippen LogP contribution in [0.4, 0.5) is 0 Å². The summed E-state index contributed by atoms with van der Waals surface area (Å²) in [4.78, 5) is 12.3. The van der Waals surface area contributed by atoms with E-state index in [4.69, 9.17) is 5.11 Å². The van der Waals surface area contributed by atoms with Crippen LogP contribution in [0.3, 0.4) is 0 Å². The van der Waals surface area contributed by atoms with Gasteiger partial charge < -0.3 is 5.11 Å². The molecule has 2 aliphatic rings. The maximum Gasteiger partial charge on any atom is 0.159 e. The fourth-order valence-electron chi connectivity index (χ4n) is 4.18. The average molecular weight is 236 g/mol. The first-order valence-corrected chi connectivity index (χ1v) is 6.71. The molecule has 2 aliphatic carbocycles. The second-order valence-corrected chi connectivity index (χ2v) is 6.44. The number of aliphatic hydroxyl groups excluding tert-OH is 1. The summed E-state index contributed by atoms with van der Waals surface area (Å²) in [6.45, 7) is 9.04. The van der Waals surface area contributed by atoms with Gasteiger partial charge in [-0.25, -0.2) is 0 Å². The number of carbonyl (C=O) groups is 1. The number of carbonyl (C=O) groups excluding carboxylic acids is 1. The van der Waals surface area contributed by atoms with Crippen molar-refractivity contribution in [3.63, 3.8) is 0 Å². The SMILES string of the molecule is C[C@@H]1CC[C@@]2(C)[C@H](C)/C(=C\CO)C(=O)C[C@@]12C. The van der Waals surface area contributed by atoms with Gasteiger partial charge in [0.15, 0.2) is 5.78 Å². The molecule has 1 N–H and O–H groups in total. The average Bonchev–Trinajstić information content (AvgIpc) is 2.50. The Morgan fingerprint density at radius 1 is 1.35 bits per heavy atom. The zero-order valence-corrected chi connectivity index (χ0v) is 11.4. The highest BCUT2D eigenvalue weighted by Gasteiger charge is 2.59. The predicted molar refractivity (Wildman–Crippen MR) is 68.6 cm³/mol. The number of hydrogen-bond donors (Lipinski definition) is 1. The number of hydrogen-bond acceptors (Lipinski definition) is 2. The molecule has 2 fully saturated rings. The second kappa shape index (κ2) is 3.94. The topological polar surface area (TPSA) is 37.3 Å². The van der Waals surface area contributed by atoms with Crippen LogP contribution in [0.1, 0.15) is 47.0 Å². The first-order chi connectivity index (χ1) is 7.87. The van der Waals surface area contributed by atoms with Crippen LogP contribution >= 0.6 is 0 Å². The molecule has 0 saturated heterocycles. The number of Topliss-reactive ketones (excluding diaryl/α,β-unsaturated/α-hetero) is 1. The third-order valence-electron chi connectivity index (χ3n) is 6.07. The molecule has 0 heterocycles. The molecule has 0 aromatic carbocycles. The predicted octanol–water partition coefficient (Wildman–Crippen LogP) is 2.96. The second-order valence-electron chi connectivity index (χ2n) is 6.44. The molecule has 17 heavy (non-hydrogen) atoms. The van der Waals surface area contributed by atoms with Gasteiger partial charge in [-0.2, -0.15) is 0 Å². The van der Waals surface area contributed by atoms with Gasteiger partial charge in [0, 0.05) is 6.42 Å². The number of aliphatic hydroxyl groups is 1. The number of fused-ring (bicyclic) bond motifs is 1. The monoisotopic (exact) mass is 236 g/mol. The molecule has 0 amide bonds. The summed E-state index contributed by atoms with van der Waals surface area (Å²) in [7, 11) is 0. The summed E-state index contributed by atoms with van der Waals surface area (Å²) in [6.07, 6.45) is 4.79. The molecule has 96 valence electrons. The van der Waals surface area contributed by atoms with E-state index in [9.17, 15) is 4.79 Å². The quantitative estimate of drug-likeness (QED) is 0.711. The molecule has 2 heteroatoms. The van der Waals surface area contributed by atoms with Crippen LogP contribution in [0.25, 0.3) is 0 Å². The number of ketones is 1. The standard InChI is InChI=1S/C15H24O2/c1-10-5-7-14(3)11(2)12(6-8-16)13(17)9-15(10,14)4/h6,10-11,16H,5,7-9H2,1-4H3/b12-6+/t10-,11-,14+,15+/m1/s1. The van der Waals surface area contributed by atoms with E-state index in [2.05, 4.69) is 27.7 Å². The van der Waals surface area contributed by atoms with Gasteiger partial charge in [0.05, 0.1) is 6.61 Å². The molecule has 0 aliphatic heterocycles. The summed E-state index contributed by atoms with van der Waals surface area (Å²) in [5.74, 6) is 1.14. The van der Waals surface area contributed by atoms with E-state index < -0.39 is 0 Å². The van der Waals surface area contributed by atoms with E-state index in [0.717, 1.165) is 5.57 Å². The fourth-order valence-corrected chi connectivity index (χ4v) is 4.18. The largest absolute Gasteiger partial charge is 0.392 e. The molecule has 0 aromatic heterocycles. The van der Waals surface area contributed by atoms with Crippen LogP contribution < -0.4 is 0 Å². The smallest absolute Gasteiger partial charge is 0.159 e. The Bertz CT molecular complexity index is 371. The minimum absolute atomic E-state index is 0.0201. The Labute approximate surface area is 104 Å². The van der Waals surface area contributed by atoms with Crippen LogP contribution in [0.5, 0.6) is 0 Å². The van der Waals surface area contributed by atoms with Crippen LogP contribution in [0, 0.1) is 22.7 Å². The summed E-state index contributed by atoms with van der Waals surface area (Å²) in [5, 5.41) is 9.07. The lowest BCUT2D eigenvalue weighted by molar-refractivity contribution is -0.126. The van der Waals surface area contributed by atoms with Gasteiger partial charge in [-0.05, 0) is 41.1 Å². The molecule has 4 atom stereocenters. The highest BCUT2D eigenvalue weighted by molar-refractivity contribution is 5.97. The van der Waals surface area contributed by atoms with Gasteiger partial charge in [-0.1, -0.05) is 33.8 Å². The maximum atomic E-state index is 12.3. The van der Waals surface area contributed by atoms with Crippen LogP contribution in [-0.2, 0) is 4.79 Å². The zero-order valence-electron chi connectivity index (χ0n) is 11.4. The Morgan fingerprint density at radius 3 is 2.59 bits per heavy atom. The van der Waals surface area contributed by atoms with Crippen molar-refractivity contribution < 1.29 is 9.90 Å². The Balaban J connectivity index is 2.45. The van der Waals surface area contributed by atoms with Gasteiger partial charge in [-0.15, -0.1) is 0 Å². The molecule has 0 radical (unpaired) electrons. The lowest BCUT2D eigenvalue weighted by Gasteiger charge is -2.51. The molecule has 2 rings (SSSR count). The molecule has 2 saturated carbocycles. The lowest BCUT2D eigenvalue weighted by atomic mass is 9.52. The fraction of sp³-hybridized carbons (Fsp3) is 0.800. The van der Waals surface area contributed by atoms with Crippen molar-refractivity contribution in [2.45, 2.75) is 47.0 Å². The van der Waals surface area contributed by atoms with Crippen LogP contribution in [0.2, 0.25) is 0 Å². The molecule has 0 spiro atoms. The van der Waals surface area contributed by atoms with Crippen molar-refractivity contribution >= 4 is 5.78 Å². The van der Waals surface area contributed by atoms with E-state index in [0.29, 0.717) is 12.3 Å². The minimum atomic E-state index is -0.0201. The Morgan fingerprint density at radius 2 is 2.00 bits per heavy atom. The van der Waals surface area contributed by atoms with E-state index in [-0.39, 0.29) is 29.1 Å². The van der Waals surface area contributed by atoms with Gasteiger partial charge in [-0.3, -0.25) is 4.79 Å². The summed E-state index contributed by atoms with van der Waals surface area (Å²) in [5.41, 5.74) is 1.21. The molecule has 0 aromatic rings. The van der Waals surface area contributed by atoms with Crippen molar-refractivity contribution in [1.82, 2.24) is 0 Å². The third-order valence-corrected chi connectivity index (χ3v) is 6.07. The Hall–Kier alpha value is -0.630. The van der Waals surface area contributed by atoms with Gasteiger partial charge in [0.2, 0.25) is 0 Å². The molecule has 0 unspecified atom stereocenters. The highest BCUT2D eigenvalue weighted by atomic mass is 16.2. The van der Waals surface area contributed by atoms with Crippen LogP contribution in [-0.4, -0.2) is 17.5 Å². The number of allylic oxidation sites excluding steroid dienone is 1. The van der Waals surface area contributed by atoms with Gasteiger partial charge in [0.25, 0.3) is 0 Å². The molecule has 0 bridgehead atoms. The molecular weight excluding hydrogens is 212 g/mol. The van der Waals surface area contributed by atoms with Gasteiger partial charge >= 0.3 is 0 Å². The van der Waals surface area contributed by atoms with E-state index in [1.807, 2.05) is 0 Å². The van der Waals surface area contributed by atoms with Crippen molar-refractivity contribution in [1.29, 1.82) is 0 Å². The maximum absolute atomic E-state index is 12.3. The summed E-state index contributed by atoms with van der Waals surface area (Å²) < 4.78 is 0. The van der Waals surface area contributed by atoms with Crippen molar-refractivity contribution in [3.8, 4) is 0 Å². The Kier molecular flexibility index (Phi) is 2.97. The number of rotatable bonds is 1. The molecule has 2 nitrogen and oxygen atoms in total. The minimum Gasteiger partial charge on any atom is -0.392 e. The first-order valence-electron chi connectivity index (χ1n) is 6.71. The van der Waals surface area contributed by atoms with Crippen molar-refractivity contribution in [2.24, 2.45) is 22.7 Å². The molecular formula is C15H24O2. The zero-order chi connectivity index (χ0) is 12.8. The highest BCUT2D eigenvalue weighted by Crippen LogP contribution is 2.65. The van der Waals surface area contributed by atoms with E-state index >= 15 is 0 Å². The first kappa shape index (κ1) is 12.8. The van der Waals surface area contributed by atoms with Crippen molar-refractivity contribution in [3.05, 3.63) is 11.6 Å². The lowest BCUT2D eigenvalue weighted by Crippen LogP contribution is -2.48. The van der Waals surface area contributed by atoms with E-state index in [1.54, 1.807) is 6.08 Å². The van der Waals surface area contributed by atoms with E-state index in [1.165, 1.54) is 12.8 Å². The normalized spacial score (nSPS) is 48.5. The summed E-state index contributed by atoms with van der Waals surface area (Å²) >= 11 is 0. The summed E-state index contributed by atoms with van der Waals surface area (Å²) in [6, 6.07) is 0. The van der Waals surface area contributed by atoms with Crippen LogP contribution in [0.15, 0.2) is 11.6 Å². The van der Waals surface area contributed by atoms with Crippen molar-refractivity contribution in [2.75, 3.05) is 6.61 Å². The third kappa shape index (κ3) is 1.53. The van der Waals surface area contributed by atoms with Gasteiger partial charge in [0.1, 0.15) is 0 Å².